The first-order chi connectivity index (χ1) is 7.34. The van der Waals surface area contributed by atoms with Gasteiger partial charge in [-0.2, -0.15) is 5.26 Å². The first-order valence-electron chi connectivity index (χ1n) is 5.70. The van der Waals surface area contributed by atoms with E-state index in [0.29, 0.717) is 13.0 Å². The van der Waals surface area contributed by atoms with E-state index in [4.69, 9.17) is 5.26 Å². The molecule has 1 amide bonds. The molecule has 1 fully saturated rings. The fourth-order valence-electron chi connectivity index (χ4n) is 1.73. The van der Waals surface area contributed by atoms with Crippen molar-refractivity contribution in [3.05, 3.63) is 0 Å². The summed E-state index contributed by atoms with van der Waals surface area (Å²) in [6, 6.07) is 2.11. The van der Waals surface area contributed by atoms with Crippen molar-refractivity contribution in [1.29, 1.82) is 5.26 Å². The molecular formula is C11H19N3O. The molecule has 4 nitrogen and oxygen atoms in total. The van der Waals surface area contributed by atoms with Crippen LogP contribution < -0.4 is 5.32 Å². The summed E-state index contributed by atoms with van der Waals surface area (Å²) in [5.41, 5.74) is 0. The predicted molar refractivity (Wildman–Crippen MR) is 58.1 cm³/mol. The van der Waals surface area contributed by atoms with Gasteiger partial charge in [0.05, 0.1) is 12.6 Å². The van der Waals surface area contributed by atoms with E-state index in [9.17, 15) is 4.79 Å². The van der Waals surface area contributed by atoms with Crippen LogP contribution in [0.5, 0.6) is 0 Å². The molecule has 0 spiro atoms. The van der Waals surface area contributed by atoms with E-state index in [1.54, 1.807) is 0 Å². The molecule has 0 unspecified atom stereocenters. The molecule has 1 aliphatic heterocycles. The van der Waals surface area contributed by atoms with Crippen molar-refractivity contribution in [2.45, 2.75) is 32.1 Å². The molecule has 0 radical (unpaired) electrons. The van der Waals surface area contributed by atoms with Crippen LogP contribution in [0, 0.1) is 11.3 Å². The van der Waals surface area contributed by atoms with E-state index in [-0.39, 0.29) is 5.91 Å². The summed E-state index contributed by atoms with van der Waals surface area (Å²) in [7, 11) is 0. The Hall–Kier alpha value is -1.08. The van der Waals surface area contributed by atoms with Gasteiger partial charge in [0.15, 0.2) is 0 Å². The second-order valence-corrected chi connectivity index (χ2v) is 3.88. The summed E-state index contributed by atoms with van der Waals surface area (Å²) in [5, 5.41) is 11.4. The third kappa shape index (κ3) is 4.80. The lowest BCUT2D eigenvalue weighted by Gasteiger charge is -2.15. The minimum absolute atomic E-state index is 0.216. The Morgan fingerprint density at radius 2 is 2.07 bits per heavy atom. The van der Waals surface area contributed by atoms with Gasteiger partial charge in [0.25, 0.3) is 0 Å². The number of hydrogen-bond donors (Lipinski definition) is 1. The average Bonchev–Trinajstić information content (AvgIpc) is 2.76. The molecule has 0 bridgehead atoms. The van der Waals surface area contributed by atoms with Gasteiger partial charge >= 0.3 is 0 Å². The Bertz CT molecular complexity index is 228. The fraction of sp³-hybridized carbons (Fsp3) is 0.818. The summed E-state index contributed by atoms with van der Waals surface area (Å²) in [6.07, 6.45) is 4.80. The first-order valence-corrected chi connectivity index (χ1v) is 5.70. The number of carbonyl (C=O) groups excluding carboxylic acids is 1. The van der Waals surface area contributed by atoms with Crippen LogP contribution in [-0.4, -0.2) is 37.0 Å². The number of nitriles is 1. The number of nitrogens with zero attached hydrogens (tertiary/aromatic N) is 2. The number of unbranched alkanes of at least 4 members (excludes halogenated alkanes) is 2. The minimum atomic E-state index is 0.216. The van der Waals surface area contributed by atoms with Crippen molar-refractivity contribution >= 4 is 5.91 Å². The van der Waals surface area contributed by atoms with Gasteiger partial charge in [0, 0.05) is 19.5 Å². The third-order valence-electron chi connectivity index (χ3n) is 2.63. The Kier molecular flexibility index (Phi) is 5.79. The van der Waals surface area contributed by atoms with Gasteiger partial charge in [-0.25, -0.2) is 0 Å². The number of amides is 1. The van der Waals surface area contributed by atoms with Crippen LogP contribution in [0.25, 0.3) is 0 Å². The van der Waals surface area contributed by atoms with Crippen molar-refractivity contribution < 1.29 is 4.79 Å². The molecule has 1 heterocycles. The average molecular weight is 209 g/mol. The van der Waals surface area contributed by atoms with Crippen LogP contribution in [0.1, 0.15) is 32.1 Å². The highest BCUT2D eigenvalue weighted by molar-refractivity contribution is 5.78. The zero-order valence-corrected chi connectivity index (χ0v) is 9.17. The maximum atomic E-state index is 11.5. The van der Waals surface area contributed by atoms with Crippen LogP contribution in [0.15, 0.2) is 0 Å². The van der Waals surface area contributed by atoms with Crippen LogP contribution >= 0.6 is 0 Å². The summed E-state index contributed by atoms with van der Waals surface area (Å²) in [6.45, 7) is 3.14. The lowest BCUT2D eigenvalue weighted by Crippen LogP contribution is -2.36. The second kappa shape index (κ2) is 7.24. The molecule has 0 atom stereocenters. The monoisotopic (exact) mass is 209 g/mol. The molecule has 0 aliphatic carbocycles. The van der Waals surface area contributed by atoms with Crippen molar-refractivity contribution in [2.24, 2.45) is 0 Å². The van der Waals surface area contributed by atoms with Gasteiger partial charge in [0.1, 0.15) is 0 Å². The van der Waals surface area contributed by atoms with Gasteiger partial charge in [0.2, 0.25) is 5.91 Å². The highest BCUT2D eigenvalue weighted by atomic mass is 16.2. The molecule has 0 aromatic heterocycles. The van der Waals surface area contributed by atoms with Crippen LogP contribution in [0.3, 0.4) is 0 Å². The van der Waals surface area contributed by atoms with Crippen molar-refractivity contribution in [3.63, 3.8) is 0 Å². The summed E-state index contributed by atoms with van der Waals surface area (Å²) in [5.74, 6) is 0.216. The SMILES string of the molecule is N#CCCCCNCC(=O)N1CCCC1. The van der Waals surface area contributed by atoms with Gasteiger partial charge in [-0.3, -0.25) is 4.79 Å². The Morgan fingerprint density at radius 3 is 2.73 bits per heavy atom. The maximum Gasteiger partial charge on any atom is 0.236 e. The molecule has 84 valence electrons. The molecule has 1 saturated heterocycles. The van der Waals surface area contributed by atoms with Crippen LogP contribution in [-0.2, 0) is 4.79 Å². The van der Waals surface area contributed by atoms with Crippen molar-refractivity contribution in [1.82, 2.24) is 10.2 Å². The second-order valence-electron chi connectivity index (χ2n) is 3.88. The molecule has 0 saturated carbocycles. The van der Waals surface area contributed by atoms with Gasteiger partial charge in [-0.05, 0) is 32.2 Å². The molecular weight excluding hydrogens is 190 g/mol. The molecule has 0 aromatic rings. The predicted octanol–water partition coefficient (Wildman–Crippen LogP) is 0.892. The van der Waals surface area contributed by atoms with Gasteiger partial charge < -0.3 is 10.2 Å². The highest BCUT2D eigenvalue weighted by Gasteiger charge is 2.16. The number of hydrogen-bond acceptors (Lipinski definition) is 3. The quantitative estimate of drug-likeness (QED) is 0.661. The molecule has 1 aliphatic rings. The molecule has 1 N–H and O–H groups in total. The smallest absolute Gasteiger partial charge is 0.236 e. The molecule has 15 heavy (non-hydrogen) atoms. The normalized spacial score (nSPS) is 15.3. The topological polar surface area (TPSA) is 56.1 Å². The van der Waals surface area contributed by atoms with E-state index in [1.165, 1.54) is 0 Å². The molecule has 0 aromatic carbocycles. The minimum Gasteiger partial charge on any atom is -0.342 e. The summed E-state index contributed by atoms with van der Waals surface area (Å²) >= 11 is 0. The van der Waals surface area contributed by atoms with E-state index in [1.807, 2.05) is 4.90 Å². The van der Waals surface area contributed by atoms with Crippen LogP contribution in [0.4, 0.5) is 0 Å². The van der Waals surface area contributed by atoms with Crippen molar-refractivity contribution in [2.75, 3.05) is 26.2 Å². The standard InChI is InChI=1S/C11H19N3O/c12-6-2-1-3-7-13-10-11(15)14-8-4-5-9-14/h13H,1-5,7-10H2. The first kappa shape index (κ1) is 12.0. The Morgan fingerprint density at radius 1 is 1.33 bits per heavy atom. The van der Waals surface area contributed by atoms with Crippen molar-refractivity contribution in [3.8, 4) is 6.07 Å². The molecule has 4 heteroatoms. The summed E-state index contributed by atoms with van der Waals surface area (Å²) < 4.78 is 0. The number of nitrogens with one attached hydrogen (secondary N) is 1. The zero-order valence-electron chi connectivity index (χ0n) is 9.17. The zero-order chi connectivity index (χ0) is 10.9. The summed E-state index contributed by atoms with van der Waals surface area (Å²) in [4.78, 5) is 13.5. The fourth-order valence-corrected chi connectivity index (χ4v) is 1.73. The lowest BCUT2D eigenvalue weighted by molar-refractivity contribution is -0.129. The van der Waals surface area contributed by atoms with Crippen LogP contribution in [0.2, 0.25) is 0 Å². The Labute approximate surface area is 91.2 Å². The lowest BCUT2D eigenvalue weighted by atomic mass is 10.2. The maximum absolute atomic E-state index is 11.5. The van der Waals surface area contributed by atoms with E-state index in [0.717, 1.165) is 45.3 Å². The third-order valence-corrected chi connectivity index (χ3v) is 2.63. The van der Waals surface area contributed by atoms with Gasteiger partial charge in [-0.15, -0.1) is 0 Å². The largest absolute Gasteiger partial charge is 0.342 e. The number of likely N-dealkylation sites (tertiary alicyclic amines) is 1. The number of rotatable bonds is 6. The number of carbonyl (C=O) groups is 1. The Balaban J connectivity index is 1.95. The van der Waals surface area contributed by atoms with E-state index < -0.39 is 0 Å². The van der Waals surface area contributed by atoms with E-state index in [2.05, 4.69) is 11.4 Å². The van der Waals surface area contributed by atoms with Gasteiger partial charge in [-0.1, -0.05) is 0 Å². The van der Waals surface area contributed by atoms with E-state index >= 15 is 0 Å². The molecule has 1 rings (SSSR count). The highest BCUT2D eigenvalue weighted by Crippen LogP contribution is 2.06.